The van der Waals surface area contributed by atoms with E-state index in [1.165, 1.54) is 30.7 Å². The summed E-state index contributed by atoms with van der Waals surface area (Å²) in [5.74, 6) is -0.934. The SMILES string of the molecule is CCS(=O)(=O)c1nc2ccc(Cl)cn2c1C(=O)OC. The number of ether oxygens (including phenoxy) is 1. The quantitative estimate of drug-likeness (QED) is 0.804. The Labute approximate surface area is 114 Å². The van der Waals surface area contributed by atoms with Gasteiger partial charge in [-0.2, -0.15) is 0 Å². The number of sulfone groups is 1. The molecule has 19 heavy (non-hydrogen) atoms. The first kappa shape index (κ1) is 13.8. The van der Waals surface area contributed by atoms with Crippen molar-refractivity contribution in [1.82, 2.24) is 9.38 Å². The fraction of sp³-hybridized carbons (Fsp3) is 0.273. The Morgan fingerprint density at radius 2 is 2.16 bits per heavy atom. The molecule has 0 bridgehead atoms. The van der Waals surface area contributed by atoms with E-state index in [0.29, 0.717) is 10.7 Å². The van der Waals surface area contributed by atoms with Gasteiger partial charge in [0.15, 0.2) is 20.6 Å². The number of carbonyl (C=O) groups is 1. The number of halogens is 1. The van der Waals surface area contributed by atoms with Crippen molar-refractivity contribution in [2.24, 2.45) is 0 Å². The first-order valence-corrected chi connectivity index (χ1v) is 7.42. The van der Waals surface area contributed by atoms with E-state index in [1.807, 2.05) is 0 Å². The number of methoxy groups -OCH3 is 1. The summed E-state index contributed by atoms with van der Waals surface area (Å²) in [5.41, 5.74) is 0.179. The van der Waals surface area contributed by atoms with Gasteiger partial charge in [-0.1, -0.05) is 18.5 Å². The zero-order chi connectivity index (χ0) is 14.2. The second-order valence-corrected chi connectivity index (χ2v) is 6.37. The average Bonchev–Trinajstić information content (AvgIpc) is 2.77. The van der Waals surface area contributed by atoms with Crippen molar-refractivity contribution in [3.63, 3.8) is 0 Å². The van der Waals surface area contributed by atoms with E-state index in [0.717, 1.165) is 0 Å². The van der Waals surface area contributed by atoms with Crippen LogP contribution in [0.15, 0.2) is 23.4 Å². The van der Waals surface area contributed by atoms with Gasteiger partial charge in [0.05, 0.1) is 17.9 Å². The van der Waals surface area contributed by atoms with Gasteiger partial charge in [0.25, 0.3) is 0 Å². The largest absolute Gasteiger partial charge is 0.464 e. The maximum Gasteiger partial charge on any atom is 0.358 e. The molecule has 0 aliphatic carbocycles. The predicted octanol–water partition coefficient (Wildman–Crippen LogP) is 1.57. The molecule has 2 heterocycles. The third kappa shape index (κ3) is 2.31. The Morgan fingerprint density at radius 3 is 2.74 bits per heavy atom. The van der Waals surface area contributed by atoms with Gasteiger partial charge in [0.2, 0.25) is 0 Å². The number of hydrogen-bond acceptors (Lipinski definition) is 5. The topological polar surface area (TPSA) is 77.7 Å². The second kappa shape index (κ2) is 4.82. The zero-order valence-electron chi connectivity index (χ0n) is 10.3. The lowest BCUT2D eigenvalue weighted by atomic mass is 10.4. The fourth-order valence-corrected chi connectivity index (χ4v) is 2.78. The highest BCUT2D eigenvalue weighted by Gasteiger charge is 2.28. The van der Waals surface area contributed by atoms with E-state index in [9.17, 15) is 13.2 Å². The average molecular weight is 303 g/mol. The van der Waals surface area contributed by atoms with Crippen molar-refractivity contribution in [3.8, 4) is 0 Å². The normalized spacial score (nSPS) is 11.7. The highest BCUT2D eigenvalue weighted by atomic mass is 35.5. The molecule has 0 radical (unpaired) electrons. The summed E-state index contributed by atoms with van der Waals surface area (Å²) in [4.78, 5) is 15.8. The summed E-state index contributed by atoms with van der Waals surface area (Å²) in [6.45, 7) is 1.48. The Hall–Kier alpha value is -1.60. The van der Waals surface area contributed by atoms with Crippen LogP contribution in [-0.4, -0.2) is 36.6 Å². The molecule has 0 aliphatic heterocycles. The summed E-state index contributed by atoms with van der Waals surface area (Å²) in [5, 5.41) is 0.0691. The Kier molecular flexibility index (Phi) is 3.51. The van der Waals surface area contributed by atoms with E-state index < -0.39 is 15.8 Å². The summed E-state index contributed by atoms with van der Waals surface area (Å²) in [7, 11) is -2.46. The monoisotopic (exact) mass is 302 g/mol. The molecule has 0 aromatic carbocycles. The van der Waals surface area contributed by atoms with Gasteiger partial charge in [-0.25, -0.2) is 18.2 Å². The standard InChI is InChI=1S/C11H11ClN2O4S/c1-3-19(16,17)10-9(11(15)18-2)14-6-7(12)4-5-8(14)13-10/h4-6H,3H2,1-2H3. The van der Waals surface area contributed by atoms with Gasteiger partial charge >= 0.3 is 5.97 Å². The number of nitrogens with zero attached hydrogens (tertiary/aromatic N) is 2. The third-order valence-corrected chi connectivity index (χ3v) is 4.46. The van der Waals surface area contributed by atoms with Crippen molar-refractivity contribution < 1.29 is 17.9 Å². The lowest BCUT2D eigenvalue weighted by Crippen LogP contribution is -2.13. The first-order valence-electron chi connectivity index (χ1n) is 5.39. The van der Waals surface area contributed by atoms with E-state index in [1.54, 1.807) is 6.07 Å². The fourth-order valence-electron chi connectivity index (χ4n) is 1.63. The lowest BCUT2D eigenvalue weighted by molar-refractivity contribution is 0.0588. The number of imidazole rings is 1. The number of hydrogen-bond donors (Lipinski definition) is 0. The van der Waals surface area contributed by atoms with E-state index in [2.05, 4.69) is 9.72 Å². The third-order valence-electron chi connectivity index (χ3n) is 2.60. The number of fused-ring (bicyclic) bond motifs is 1. The predicted molar refractivity (Wildman–Crippen MR) is 69.3 cm³/mol. The van der Waals surface area contributed by atoms with Crippen LogP contribution in [0.4, 0.5) is 0 Å². The highest BCUT2D eigenvalue weighted by molar-refractivity contribution is 7.91. The minimum absolute atomic E-state index is 0.137. The Balaban J connectivity index is 2.88. The van der Waals surface area contributed by atoms with Crippen LogP contribution in [0.2, 0.25) is 5.02 Å². The molecule has 0 fully saturated rings. The lowest BCUT2D eigenvalue weighted by Gasteiger charge is -2.03. The van der Waals surface area contributed by atoms with Crippen LogP contribution in [0.5, 0.6) is 0 Å². The van der Waals surface area contributed by atoms with E-state index >= 15 is 0 Å². The smallest absolute Gasteiger partial charge is 0.358 e. The number of esters is 1. The van der Waals surface area contributed by atoms with Crippen LogP contribution in [0.1, 0.15) is 17.4 Å². The second-order valence-electron chi connectivity index (χ2n) is 3.74. The van der Waals surface area contributed by atoms with Gasteiger partial charge in [-0.3, -0.25) is 4.40 Å². The minimum atomic E-state index is -3.63. The Bertz CT molecular complexity index is 751. The molecule has 2 aromatic heterocycles. The van der Waals surface area contributed by atoms with Crippen LogP contribution in [0.25, 0.3) is 5.65 Å². The number of aromatic nitrogens is 2. The van der Waals surface area contributed by atoms with E-state index in [-0.39, 0.29) is 16.5 Å². The Morgan fingerprint density at radius 1 is 1.47 bits per heavy atom. The molecule has 0 N–H and O–H groups in total. The number of pyridine rings is 1. The molecular formula is C11H11ClN2O4S. The van der Waals surface area contributed by atoms with Crippen molar-refractivity contribution >= 4 is 33.1 Å². The molecule has 0 saturated carbocycles. The molecule has 0 amide bonds. The van der Waals surface area contributed by atoms with Gasteiger partial charge in [0.1, 0.15) is 5.65 Å². The van der Waals surface area contributed by atoms with Crippen molar-refractivity contribution in [1.29, 1.82) is 0 Å². The zero-order valence-corrected chi connectivity index (χ0v) is 11.8. The van der Waals surface area contributed by atoms with Crippen molar-refractivity contribution in [3.05, 3.63) is 29.0 Å². The number of rotatable bonds is 3. The molecule has 2 rings (SSSR count). The van der Waals surface area contributed by atoms with Gasteiger partial charge in [0, 0.05) is 6.20 Å². The van der Waals surface area contributed by atoms with Crippen molar-refractivity contribution in [2.45, 2.75) is 11.9 Å². The summed E-state index contributed by atoms with van der Waals surface area (Å²) in [6.07, 6.45) is 1.42. The molecule has 2 aromatic rings. The summed E-state index contributed by atoms with van der Waals surface area (Å²) < 4.78 is 29.9. The van der Waals surface area contributed by atoms with Crippen LogP contribution in [-0.2, 0) is 14.6 Å². The molecule has 0 atom stereocenters. The van der Waals surface area contributed by atoms with Gasteiger partial charge < -0.3 is 4.74 Å². The molecular weight excluding hydrogens is 292 g/mol. The molecule has 102 valence electrons. The number of carbonyl (C=O) groups excluding carboxylic acids is 1. The summed E-state index contributed by atoms with van der Waals surface area (Å²) >= 11 is 5.85. The van der Waals surface area contributed by atoms with Gasteiger partial charge in [-0.15, -0.1) is 0 Å². The van der Waals surface area contributed by atoms with Crippen LogP contribution in [0.3, 0.4) is 0 Å². The highest BCUT2D eigenvalue weighted by Crippen LogP contribution is 2.21. The van der Waals surface area contributed by atoms with E-state index in [4.69, 9.17) is 11.6 Å². The molecule has 0 saturated heterocycles. The minimum Gasteiger partial charge on any atom is -0.464 e. The maximum absolute atomic E-state index is 12.0. The maximum atomic E-state index is 12.0. The van der Waals surface area contributed by atoms with Crippen LogP contribution >= 0.6 is 11.6 Å². The first-order chi connectivity index (χ1) is 8.90. The van der Waals surface area contributed by atoms with Crippen LogP contribution in [0, 0.1) is 0 Å². The van der Waals surface area contributed by atoms with Crippen LogP contribution < -0.4 is 0 Å². The van der Waals surface area contributed by atoms with Gasteiger partial charge in [-0.05, 0) is 12.1 Å². The summed E-state index contributed by atoms with van der Waals surface area (Å²) in [6, 6.07) is 3.09. The molecule has 8 heteroatoms. The van der Waals surface area contributed by atoms with Crippen molar-refractivity contribution in [2.75, 3.05) is 12.9 Å². The molecule has 0 unspecified atom stereocenters. The molecule has 0 aliphatic rings. The molecule has 0 spiro atoms. The molecule has 6 nitrogen and oxygen atoms in total.